The van der Waals surface area contributed by atoms with Crippen LogP contribution in [0.25, 0.3) is 5.69 Å². The van der Waals surface area contributed by atoms with E-state index in [9.17, 15) is 14.0 Å². The fourth-order valence-corrected chi connectivity index (χ4v) is 3.10. The van der Waals surface area contributed by atoms with Crippen LogP contribution in [0.15, 0.2) is 54.6 Å². The molecule has 0 spiro atoms. The zero-order chi connectivity index (χ0) is 21.0. The highest BCUT2D eigenvalue weighted by molar-refractivity contribution is 5.97. The van der Waals surface area contributed by atoms with Crippen molar-refractivity contribution in [1.82, 2.24) is 4.57 Å². The second-order valence-corrected chi connectivity index (χ2v) is 6.42. The Bertz CT molecular complexity index is 1040. The summed E-state index contributed by atoms with van der Waals surface area (Å²) in [6.07, 6.45) is 0. The molecule has 0 radical (unpaired) electrons. The molecule has 0 unspecified atom stereocenters. The van der Waals surface area contributed by atoms with Gasteiger partial charge in [0, 0.05) is 17.1 Å². The lowest BCUT2D eigenvalue weighted by molar-refractivity contribution is -0.119. The van der Waals surface area contributed by atoms with E-state index in [-0.39, 0.29) is 5.82 Å². The highest BCUT2D eigenvalue weighted by Gasteiger charge is 2.19. The number of methoxy groups -OCH3 is 1. The number of ether oxygens (including phenoxy) is 2. The number of esters is 1. The first-order valence-electron chi connectivity index (χ1n) is 8.95. The Kier molecular flexibility index (Phi) is 5.97. The summed E-state index contributed by atoms with van der Waals surface area (Å²) in [5, 5.41) is 2.65. The van der Waals surface area contributed by atoms with Gasteiger partial charge in [-0.25, -0.2) is 9.18 Å². The van der Waals surface area contributed by atoms with Gasteiger partial charge in [-0.3, -0.25) is 4.79 Å². The fourth-order valence-electron chi connectivity index (χ4n) is 3.10. The van der Waals surface area contributed by atoms with E-state index < -0.39 is 18.5 Å². The number of benzene rings is 2. The Morgan fingerprint density at radius 3 is 2.45 bits per heavy atom. The number of aryl methyl sites for hydroxylation is 1. The number of hydrogen-bond donors (Lipinski definition) is 1. The van der Waals surface area contributed by atoms with Gasteiger partial charge in [0.15, 0.2) is 6.61 Å². The van der Waals surface area contributed by atoms with Crippen LogP contribution in [0.5, 0.6) is 5.75 Å². The standard InChI is InChI=1S/C22H21FN2O4/c1-14-12-18(15(2)25(14)17-10-8-16(23)9-11-17)22(27)29-13-21(26)24-19-6-4-5-7-20(19)28-3/h4-12H,13H2,1-3H3,(H,24,26). The van der Waals surface area contributed by atoms with E-state index in [0.717, 1.165) is 11.4 Å². The van der Waals surface area contributed by atoms with Crippen molar-refractivity contribution >= 4 is 17.6 Å². The molecule has 1 N–H and O–H groups in total. The van der Waals surface area contributed by atoms with Crippen LogP contribution in [0.2, 0.25) is 0 Å². The van der Waals surface area contributed by atoms with E-state index in [0.29, 0.717) is 22.7 Å². The van der Waals surface area contributed by atoms with Crippen molar-refractivity contribution in [2.24, 2.45) is 0 Å². The minimum absolute atomic E-state index is 0.336. The molecule has 7 heteroatoms. The number of carbonyl (C=O) groups is 2. The monoisotopic (exact) mass is 396 g/mol. The van der Waals surface area contributed by atoms with Gasteiger partial charge in [0.2, 0.25) is 0 Å². The van der Waals surface area contributed by atoms with Gasteiger partial charge in [0.05, 0.1) is 18.4 Å². The predicted octanol–water partition coefficient (Wildman–Crippen LogP) is 4.04. The molecular formula is C22H21FN2O4. The minimum atomic E-state index is -0.610. The number of carbonyl (C=O) groups excluding carboxylic acids is 2. The van der Waals surface area contributed by atoms with Crippen molar-refractivity contribution in [3.8, 4) is 11.4 Å². The van der Waals surface area contributed by atoms with Crippen molar-refractivity contribution in [2.45, 2.75) is 13.8 Å². The molecule has 0 saturated carbocycles. The summed E-state index contributed by atoms with van der Waals surface area (Å²) in [5.41, 5.74) is 3.00. The average Bonchev–Trinajstić information content (AvgIpc) is 3.01. The van der Waals surface area contributed by atoms with E-state index in [1.165, 1.54) is 19.2 Å². The molecule has 0 aliphatic heterocycles. The second kappa shape index (κ2) is 8.60. The first kappa shape index (κ1) is 20.1. The molecule has 1 amide bonds. The smallest absolute Gasteiger partial charge is 0.340 e. The lowest BCUT2D eigenvalue weighted by atomic mass is 10.2. The van der Waals surface area contributed by atoms with Gasteiger partial charge in [-0.15, -0.1) is 0 Å². The second-order valence-electron chi connectivity index (χ2n) is 6.42. The van der Waals surface area contributed by atoms with E-state index in [4.69, 9.17) is 9.47 Å². The fraction of sp³-hybridized carbons (Fsp3) is 0.182. The number of hydrogen-bond acceptors (Lipinski definition) is 4. The first-order valence-corrected chi connectivity index (χ1v) is 8.95. The first-order chi connectivity index (χ1) is 13.9. The Balaban J connectivity index is 1.69. The third-order valence-corrected chi connectivity index (χ3v) is 4.45. The Labute approximate surface area is 167 Å². The highest BCUT2D eigenvalue weighted by atomic mass is 19.1. The van der Waals surface area contributed by atoms with E-state index in [2.05, 4.69) is 5.32 Å². The number of halogens is 1. The van der Waals surface area contributed by atoms with Crippen molar-refractivity contribution in [1.29, 1.82) is 0 Å². The summed E-state index contributed by atoms with van der Waals surface area (Å²) >= 11 is 0. The van der Waals surface area contributed by atoms with Crippen molar-refractivity contribution in [2.75, 3.05) is 19.0 Å². The molecule has 2 aromatic carbocycles. The number of rotatable bonds is 6. The normalized spacial score (nSPS) is 10.5. The number of amides is 1. The Morgan fingerprint density at radius 2 is 1.76 bits per heavy atom. The van der Waals surface area contributed by atoms with Crippen LogP contribution in [0, 0.1) is 19.7 Å². The third kappa shape index (κ3) is 4.45. The molecule has 29 heavy (non-hydrogen) atoms. The van der Waals surface area contributed by atoms with E-state index >= 15 is 0 Å². The number of aromatic nitrogens is 1. The molecule has 3 aromatic rings. The molecule has 6 nitrogen and oxygen atoms in total. The van der Waals surface area contributed by atoms with Crippen molar-refractivity contribution in [3.05, 3.63) is 77.4 Å². The van der Waals surface area contributed by atoms with Gasteiger partial charge in [-0.1, -0.05) is 12.1 Å². The third-order valence-electron chi connectivity index (χ3n) is 4.45. The molecule has 0 fully saturated rings. The summed E-state index contributed by atoms with van der Waals surface area (Å²) in [7, 11) is 1.50. The maximum atomic E-state index is 13.2. The topological polar surface area (TPSA) is 69.6 Å². The van der Waals surface area contributed by atoms with Crippen LogP contribution in [0.3, 0.4) is 0 Å². The highest BCUT2D eigenvalue weighted by Crippen LogP contribution is 2.23. The lowest BCUT2D eigenvalue weighted by Crippen LogP contribution is -2.21. The average molecular weight is 396 g/mol. The molecule has 1 aromatic heterocycles. The Hall–Kier alpha value is -3.61. The van der Waals surface area contributed by atoms with Gasteiger partial charge in [0.1, 0.15) is 11.6 Å². The van der Waals surface area contributed by atoms with Crippen LogP contribution in [0.4, 0.5) is 10.1 Å². The number of nitrogens with one attached hydrogen (secondary N) is 1. The van der Waals surface area contributed by atoms with Crippen LogP contribution in [-0.2, 0) is 9.53 Å². The van der Waals surface area contributed by atoms with Crippen molar-refractivity contribution in [3.63, 3.8) is 0 Å². The van der Waals surface area contributed by atoms with Gasteiger partial charge in [0.25, 0.3) is 5.91 Å². The molecule has 0 aliphatic rings. The zero-order valence-corrected chi connectivity index (χ0v) is 16.4. The molecule has 0 atom stereocenters. The molecule has 0 bridgehead atoms. The van der Waals surface area contributed by atoms with Crippen LogP contribution >= 0.6 is 0 Å². The molecule has 0 aliphatic carbocycles. The minimum Gasteiger partial charge on any atom is -0.495 e. The molecule has 150 valence electrons. The Morgan fingerprint density at radius 1 is 1.07 bits per heavy atom. The predicted molar refractivity (Wildman–Crippen MR) is 107 cm³/mol. The molecule has 1 heterocycles. The van der Waals surface area contributed by atoms with E-state index in [1.807, 2.05) is 11.5 Å². The summed E-state index contributed by atoms with van der Waals surface area (Å²) in [6, 6.07) is 14.6. The number of anilines is 1. The lowest BCUT2D eigenvalue weighted by Gasteiger charge is -2.11. The molecule has 3 rings (SSSR count). The van der Waals surface area contributed by atoms with Gasteiger partial charge < -0.3 is 19.4 Å². The molecular weight excluding hydrogens is 375 g/mol. The van der Waals surface area contributed by atoms with E-state index in [1.54, 1.807) is 49.4 Å². The summed E-state index contributed by atoms with van der Waals surface area (Å²) in [4.78, 5) is 24.6. The number of para-hydroxylation sites is 2. The van der Waals surface area contributed by atoms with Gasteiger partial charge >= 0.3 is 5.97 Å². The molecule has 0 saturated heterocycles. The van der Waals surface area contributed by atoms with Gasteiger partial charge in [-0.05, 0) is 56.3 Å². The van der Waals surface area contributed by atoms with Crippen LogP contribution in [0.1, 0.15) is 21.7 Å². The summed E-state index contributed by atoms with van der Waals surface area (Å²) in [6.45, 7) is 3.17. The van der Waals surface area contributed by atoms with Gasteiger partial charge in [-0.2, -0.15) is 0 Å². The van der Waals surface area contributed by atoms with Crippen LogP contribution in [-0.4, -0.2) is 30.2 Å². The number of nitrogens with zero attached hydrogens (tertiary/aromatic N) is 1. The SMILES string of the molecule is COc1ccccc1NC(=O)COC(=O)c1cc(C)n(-c2ccc(F)cc2)c1C. The van der Waals surface area contributed by atoms with Crippen molar-refractivity contribution < 1.29 is 23.5 Å². The quantitative estimate of drug-likeness (QED) is 0.639. The van der Waals surface area contributed by atoms with Crippen LogP contribution < -0.4 is 10.1 Å². The maximum absolute atomic E-state index is 13.2. The largest absolute Gasteiger partial charge is 0.495 e. The zero-order valence-electron chi connectivity index (χ0n) is 16.4. The summed E-state index contributed by atoms with van der Waals surface area (Å²) < 4.78 is 25.4. The maximum Gasteiger partial charge on any atom is 0.340 e. The summed E-state index contributed by atoms with van der Waals surface area (Å²) in [5.74, 6) is -0.913.